The number of anilines is 1. The summed E-state index contributed by atoms with van der Waals surface area (Å²) in [4.78, 5) is 19.1. The molecule has 0 aliphatic carbocycles. The summed E-state index contributed by atoms with van der Waals surface area (Å²) in [7, 11) is 0. The minimum Gasteiger partial charge on any atom is -0.388 e. The van der Waals surface area contributed by atoms with Gasteiger partial charge in [0.05, 0.1) is 52.0 Å². The number of pyridine rings is 1. The van der Waals surface area contributed by atoms with Crippen LogP contribution in [0.25, 0.3) is 16.9 Å². The number of benzene rings is 1. The van der Waals surface area contributed by atoms with Crippen LogP contribution in [0.3, 0.4) is 0 Å². The summed E-state index contributed by atoms with van der Waals surface area (Å²) in [6, 6.07) is 9.73. The molecule has 4 heterocycles. The molecule has 1 amide bonds. The summed E-state index contributed by atoms with van der Waals surface area (Å²) >= 11 is 0. The normalized spacial score (nSPS) is 20.0. The van der Waals surface area contributed by atoms with E-state index in [-0.39, 0.29) is 29.3 Å². The number of β-amino-alcohol motifs (C(OH)–C–C–N with tert-alkyl or cyclic N) is 1. The molecule has 37 heavy (non-hydrogen) atoms. The maximum Gasteiger partial charge on any atom is 0.255 e. The Morgan fingerprint density at radius 3 is 2.62 bits per heavy atom. The van der Waals surface area contributed by atoms with Crippen molar-refractivity contribution in [2.75, 3.05) is 18.0 Å². The third kappa shape index (κ3) is 5.65. The Balaban J connectivity index is 0.000000907. The standard InChI is InChI=1S/C24H23FN6O2.2C2H6/c1-14-9-24(2,33)13-30(12-14)20-6-7-31(29-20)19-8-17(28-18-11-27-23(32)22(18)19)21-15(10-26)4-3-5-16(21)25;2*1-2/h3-8,14,33H,9,11-13H2,1-2H3,(H,27,32);2*1-2H3/t14?,24-;;/m0../s1. The van der Waals surface area contributed by atoms with Gasteiger partial charge in [0.2, 0.25) is 0 Å². The number of aromatic nitrogens is 3. The second-order valence-electron chi connectivity index (χ2n) is 9.11. The van der Waals surface area contributed by atoms with Gasteiger partial charge in [-0.05, 0) is 37.5 Å². The maximum atomic E-state index is 14.7. The average Bonchev–Trinajstić information content (AvgIpc) is 3.52. The summed E-state index contributed by atoms with van der Waals surface area (Å²) in [5.74, 6) is 0.137. The summed E-state index contributed by atoms with van der Waals surface area (Å²) in [6.45, 7) is 13.3. The van der Waals surface area contributed by atoms with Crippen molar-refractivity contribution in [2.24, 2.45) is 5.92 Å². The predicted octanol–water partition coefficient (Wildman–Crippen LogP) is 4.84. The highest BCUT2D eigenvalue weighted by atomic mass is 19.1. The molecule has 0 saturated carbocycles. The summed E-state index contributed by atoms with van der Waals surface area (Å²) in [6.07, 6.45) is 2.45. The zero-order chi connectivity index (χ0) is 27.3. The zero-order valence-corrected chi connectivity index (χ0v) is 22.3. The Morgan fingerprint density at radius 2 is 1.95 bits per heavy atom. The molecular formula is C28H35FN6O2. The monoisotopic (exact) mass is 506 g/mol. The summed E-state index contributed by atoms with van der Waals surface area (Å²) in [5.41, 5.74) is 1.02. The quantitative estimate of drug-likeness (QED) is 0.527. The van der Waals surface area contributed by atoms with E-state index in [9.17, 15) is 19.6 Å². The molecule has 1 aromatic carbocycles. The van der Waals surface area contributed by atoms with E-state index in [0.717, 1.165) is 13.0 Å². The van der Waals surface area contributed by atoms with Crippen LogP contribution in [-0.2, 0) is 6.54 Å². The molecule has 1 unspecified atom stereocenters. The molecule has 196 valence electrons. The number of aliphatic hydroxyl groups is 1. The number of nitrogens with one attached hydrogen (secondary N) is 1. The number of halogens is 1. The lowest BCUT2D eigenvalue weighted by atomic mass is 9.88. The lowest BCUT2D eigenvalue weighted by Crippen LogP contribution is -2.49. The highest BCUT2D eigenvalue weighted by Crippen LogP contribution is 2.33. The van der Waals surface area contributed by atoms with Crippen molar-refractivity contribution in [2.45, 2.75) is 60.1 Å². The molecule has 9 heteroatoms. The van der Waals surface area contributed by atoms with Crippen LogP contribution in [0.2, 0.25) is 0 Å². The lowest BCUT2D eigenvalue weighted by molar-refractivity contribution is 0.0282. The number of hydrogen-bond acceptors (Lipinski definition) is 6. The molecule has 2 aliphatic rings. The Bertz CT molecular complexity index is 1310. The van der Waals surface area contributed by atoms with E-state index in [0.29, 0.717) is 35.2 Å². The molecule has 3 aromatic rings. The van der Waals surface area contributed by atoms with E-state index < -0.39 is 11.4 Å². The zero-order valence-electron chi connectivity index (χ0n) is 22.3. The molecule has 2 N–H and O–H groups in total. The fourth-order valence-electron chi connectivity index (χ4n) is 4.92. The first-order chi connectivity index (χ1) is 17.8. The van der Waals surface area contributed by atoms with Gasteiger partial charge in [-0.2, -0.15) is 10.4 Å². The number of nitrogens with zero attached hydrogens (tertiary/aromatic N) is 5. The second kappa shape index (κ2) is 11.5. The third-order valence-electron chi connectivity index (χ3n) is 6.10. The van der Waals surface area contributed by atoms with Gasteiger partial charge in [0.1, 0.15) is 5.82 Å². The minimum absolute atomic E-state index is 0.0941. The van der Waals surface area contributed by atoms with Crippen LogP contribution < -0.4 is 10.2 Å². The van der Waals surface area contributed by atoms with Crippen molar-refractivity contribution in [1.82, 2.24) is 20.1 Å². The molecule has 2 aliphatic heterocycles. The van der Waals surface area contributed by atoms with Crippen LogP contribution in [0.1, 0.15) is 69.6 Å². The van der Waals surface area contributed by atoms with E-state index in [1.165, 1.54) is 18.2 Å². The second-order valence-corrected chi connectivity index (χ2v) is 9.11. The van der Waals surface area contributed by atoms with Gasteiger partial charge in [0.15, 0.2) is 5.82 Å². The van der Waals surface area contributed by atoms with Gasteiger partial charge in [0.25, 0.3) is 5.91 Å². The third-order valence-corrected chi connectivity index (χ3v) is 6.10. The van der Waals surface area contributed by atoms with Gasteiger partial charge in [0, 0.05) is 25.4 Å². The minimum atomic E-state index is -0.815. The van der Waals surface area contributed by atoms with Gasteiger partial charge in [-0.1, -0.05) is 40.7 Å². The number of rotatable bonds is 3. The van der Waals surface area contributed by atoms with Crippen molar-refractivity contribution in [3.05, 3.63) is 59.2 Å². The van der Waals surface area contributed by atoms with Crippen LogP contribution in [0.4, 0.5) is 10.2 Å². The van der Waals surface area contributed by atoms with Gasteiger partial charge in [-0.3, -0.25) is 4.79 Å². The van der Waals surface area contributed by atoms with E-state index >= 15 is 0 Å². The Morgan fingerprint density at radius 1 is 1.22 bits per heavy atom. The van der Waals surface area contributed by atoms with Crippen LogP contribution in [0.15, 0.2) is 36.5 Å². The number of carbonyl (C=O) groups is 1. The van der Waals surface area contributed by atoms with Crippen molar-refractivity contribution in [1.29, 1.82) is 5.26 Å². The SMILES string of the molecule is CC.CC.CC1CN(c2ccn(-c3cc(-c4c(F)cccc4C#N)nc4c3C(=O)NC4)n2)C[C@@](C)(O)C1. The van der Waals surface area contributed by atoms with Crippen molar-refractivity contribution < 1.29 is 14.3 Å². The Hall–Kier alpha value is -3.77. The molecule has 1 fully saturated rings. The van der Waals surface area contributed by atoms with Gasteiger partial charge in [-0.25, -0.2) is 14.1 Å². The van der Waals surface area contributed by atoms with E-state index in [2.05, 4.69) is 22.3 Å². The molecule has 5 rings (SSSR count). The molecule has 1 saturated heterocycles. The average molecular weight is 507 g/mol. The smallest absolute Gasteiger partial charge is 0.255 e. The van der Waals surface area contributed by atoms with Crippen LogP contribution in [-0.4, -0.2) is 44.5 Å². The van der Waals surface area contributed by atoms with Gasteiger partial charge < -0.3 is 15.3 Å². The molecular weight excluding hydrogens is 471 g/mol. The van der Waals surface area contributed by atoms with Crippen LogP contribution in [0.5, 0.6) is 0 Å². The first-order valence-electron chi connectivity index (χ1n) is 12.8. The first kappa shape index (κ1) is 27.8. The number of nitriles is 1. The first-order valence-corrected chi connectivity index (χ1v) is 12.8. The topological polar surface area (TPSA) is 107 Å². The van der Waals surface area contributed by atoms with E-state index in [1.54, 1.807) is 16.9 Å². The predicted molar refractivity (Wildman–Crippen MR) is 142 cm³/mol. The van der Waals surface area contributed by atoms with E-state index in [1.807, 2.05) is 51.7 Å². The summed E-state index contributed by atoms with van der Waals surface area (Å²) < 4.78 is 16.3. The maximum absolute atomic E-state index is 14.7. The largest absolute Gasteiger partial charge is 0.388 e. The fourth-order valence-corrected chi connectivity index (χ4v) is 4.92. The molecule has 2 atom stereocenters. The fraction of sp³-hybridized carbons (Fsp3) is 0.429. The Kier molecular flexibility index (Phi) is 8.66. The summed E-state index contributed by atoms with van der Waals surface area (Å²) in [5, 5.41) is 27.5. The molecule has 2 aromatic heterocycles. The van der Waals surface area contributed by atoms with Crippen molar-refractivity contribution in [3.8, 4) is 23.0 Å². The van der Waals surface area contributed by atoms with E-state index in [4.69, 9.17) is 0 Å². The lowest BCUT2D eigenvalue weighted by Gasteiger charge is -2.40. The number of amides is 1. The number of fused-ring (bicyclic) bond motifs is 1. The number of piperidine rings is 1. The highest BCUT2D eigenvalue weighted by Gasteiger charge is 2.34. The van der Waals surface area contributed by atoms with Gasteiger partial charge in [-0.15, -0.1) is 0 Å². The molecule has 0 bridgehead atoms. The molecule has 8 nitrogen and oxygen atoms in total. The van der Waals surface area contributed by atoms with Crippen LogP contribution >= 0.6 is 0 Å². The Labute approximate surface area is 217 Å². The molecule has 0 radical (unpaired) electrons. The van der Waals surface area contributed by atoms with Crippen LogP contribution in [0, 0.1) is 23.1 Å². The van der Waals surface area contributed by atoms with Crippen molar-refractivity contribution >= 4 is 11.7 Å². The highest BCUT2D eigenvalue weighted by molar-refractivity contribution is 6.01. The molecule has 0 spiro atoms. The number of carbonyl (C=O) groups excluding carboxylic acids is 1. The number of hydrogen-bond donors (Lipinski definition) is 2. The van der Waals surface area contributed by atoms with Crippen molar-refractivity contribution in [3.63, 3.8) is 0 Å². The van der Waals surface area contributed by atoms with Gasteiger partial charge >= 0.3 is 0 Å².